The van der Waals surface area contributed by atoms with Crippen LogP contribution in [0.2, 0.25) is 0 Å². The number of nitro groups is 1. The highest BCUT2D eigenvalue weighted by Gasteiger charge is 2.20. The molecule has 5 nitrogen and oxygen atoms in total. The van der Waals surface area contributed by atoms with Crippen LogP contribution in [0.1, 0.15) is 18.6 Å². The Morgan fingerprint density at radius 1 is 1.35 bits per heavy atom. The van der Waals surface area contributed by atoms with Crippen LogP contribution in [-0.2, 0) is 6.54 Å². The summed E-state index contributed by atoms with van der Waals surface area (Å²) in [6.07, 6.45) is 2.48. The van der Waals surface area contributed by atoms with Gasteiger partial charge in [0, 0.05) is 17.7 Å². The zero-order valence-corrected chi connectivity index (χ0v) is 12.2. The quantitative estimate of drug-likeness (QED) is 0.664. The summed E-state index contributed by atoms with van der Waals surface area (Å²) in [5.41, 5.74) is 0.871. The molecule has 2 aromatic rings. The highest BCUT2D eigenvalue weighted by molar-refractivity contribution is 9.10. The number of hydrogen-bond acceptors (Lipinski definition) is 4. The van der Waals surface area contributed by atoms with Crippen molar-refractivity contribution in [2.45, 2.75) is 25.4 Å². The summed E-state index contributed by atoms with van der Waals surface area (Å²) in [6, 6.07) is 9.33. The normalized spacial score (nSPS) is 14.4. The molecule has 1 aliphatic rings. The molecule has 1 aromatic carbocycles. The molecule has 1 saturated carbocycles. The second-order valence-electron chi connectivity index (χ2n) is 4.84. The van der Waals surface area contributed by atoms with Crippen molar-refractivity contribution in [2.24, 2.45) is 0 Å². The number of furan rings is 1. The Hall–Kier alpha value is -1.66. The Balaban J connectivity index is 1.77. The van der Waals surface area contributed by atoms with Crippen molar-refractivity contribution >= 4 is 21.6 Å². The third kappa shape index (κ3) is 2.91. The summed E-state index contributed by atoms with van der Waals surface area (Å²) in [4.78, 5) is 10.4. The van der Waals surface area contributed by atoms with Crippen molar-refractivity contribution in [3.05, 3.63) is 50.7 Å². The van der Waals surface area contributed by atoms with E-state index in [-0.39, 0.29) is 5.69 Å². The summed E-state index contributed by atoms with van der Waals surface area (Å²) in [5, 5.41) is 14.2. The molecule has 1 fully saturated rings. The van der Waals surface area contributed by atoms with Crippen LogP contribution in [0.5, 0.6) is 0 Å². The fourth-order valence-corrected chi connectivity index (χ4v) is 2.49. The lowest BCUT2D eigenvalue weighted by Gasteiger charge is -2.01. The summed E-state index contributed by atoms with van der Waals surface area (Å²) in [6.45, 7) is 0.721. The summed E-state index contributed by atoms with van der Waals surface area (Å²) >= 11 is 3.21. The predicted molar refractivity (Wildman–Crippen MR) is 78.4 cm³/mol. The maximum Gasteiger partial charge on any atom is 0.283 e. The highest BCUT2D eigenvalue weighted by atomic mass is 79.9. The van der Waals surface area contributed by atoms with E-state index >= 15 is 0 Å². The van der Waals surface area contributed by atoms with Crippen molar-refractivity contribution in [1.82, 2.24) is 5.32 Å². The molecule has 3 rings (SSSR count). The highest BCUT2D eigenvalue weighted by Crippen LogP contribution is 2.31. The van der Waals surface area contributed by atoms with Gasteiger partial charge in [-0.25, -0.2) is 0 Å². The Kier molecular flexibility index (Phi) is 3.58. The second-order valence-corrected chi connectivity index (χ2v) is 5.70. The van der Waals surface area contributed by atoms with Crippen molar-refractivity contribution < 1.29 is 9.34 Å². The molecule has 0 bridgehead atoms. The van der Waals surface area contributed by atoms with E-state index < -0.39 is 4.92 Å². The SMILES string of the molecule is O=[N+]([O-])c1ccc(-c2ccc(CNC3CC3)o2)cc1Br. The second kappa shape index (κ2) is 5.38. The zero-order chi connectivity index (χ0) is 14.1. The molecule has 0 radical (unpaired) electrons. The number of nitro benzene ring substituents is 1. The van der Waals surface area contributed by atoms with Crippen molar-refractivity contribution in [3.8, 4) is 11.3 Å². The number of benzene rings is 1. The molecule has 0 saturated heterocycles. The molecular formula is C14H13BrN2O3. The molecule has 0 amide bonds. The van der Waals surface area contributed by atoms with Crippen LogP contribution in [0, 0.1) is 10.1 Å². The van der Waals surface area contributed by atoms with E-state index in [0.29, 0.717) is 16.3 Å². The molecule has 104 valence electrons. The van der Waals surface area contributed by atoms with Gasteiger partial charge in [-0.15, -0.1) is 0 Å². The van der Waals surface area contributed by atoms with Gasteiger partial charge in [0.2, 0.25) is 0 Å². The topological polar surface area (TPSA) is 68.3 Å². The zero-order valence-electron chi connectivity index (χ0n) is 10.6. The van der Waals surface area contributed by atoms with Crippen molar-refractivity contribution in [3.63, 3.8) is 0 Å². The average molecular weight is 337 g/mol. The van der Waals surface area contributed by atoms with E-state index in [1.54, 1.807) is 12.1 Å². The molecule has 1 heterocycles. The van der Waals surface area contributed by atoms with Crippen LogP contribution in [-0.4, -0.2) is 11.0 Å². The molecule has 0 spiro atoms. The third-order valence-electron chi connectivity index (χ3n) is 3.23. The molecule has 6 heteroatoms. The number of hydrogen-bond donors (Lipinski definition) is 1. The van der Waals surface area contributed by atoms with Gasteiger partial charge in [-0.3, -0.25) is 10.1 Å². The Bertz CT molecular complexity index is 650. The number of nitrogens with one attached hydrogen (secondary N) is 1. The summed E-state index contributed by atoms with van der Waals surface area (Å²) in [7, 11) is 0. The minimum atomic E-state index is -0.416. The first kappa shape index (κ1) is 13.3. The number of rotatable bonds is 5. The first-order valence-electron chi connectivity index (χ1n) is 6.40. The van der Waals surface area contributed by atoms with Crippen LogP contribution in [0.3, 0.4) is 0 Å². The van der Waals surface area contributed by atoms with Crippen LogP contribution in [0.4, 0.5) is 5.69 Å². The maximum atomic E-state index is 10.8. The van der Waals surface area contributed by atoms with E-state index in [1.807, 2.05) is 12.1 Å². The Labute approximate surface area is 124 Å². The average Bonchev–Trinajstić information content (AvgIpc) is 3.13. The van der Waals surface area contributed by atoms with E-state index in [4.69, 9.17) is 4.42 Å². The molecular weight excluding hydrogens is 324 g/mol. The van der Waals surface area contributed by atoms with Gasteiger partial charge in [0.15, 0.2) is 0 Å². The van der Waals surface area contributed by atoms with Gasteiger partial charge in [-0.2, -0.15) is 0 Å². The van der Waals surface area contributed by atoms with E-state index in [0.717, 1.165) is 17.9 Å². The molecule has 0 atom stereocenters. The van der Waals surface area contributed by atoms with Crippen LogP contribution in [0.25, 0.3) is 11.3 Å². The van der Waals surface area contributed by atoms with Crippen molar-refractivity contribution in [1.29, 1.82) is 0 Å². The van der Waals surface area contributed by atoms with Crippen LogP contribution in [0.15, 0.2) is 39.2 Å². The van der Waals surface area contributed by atoms with Gasteiger partial charge in [0.25, 0.3) is 5.69 Å². The molecule has 0 unspecified atom stereocenters. The van der Waals surface area contributed by atoms with E-state index in [9.17, 15) is 10.1 Å². The van der Waals surface area contributed by atoms with Crippen LogP contribution >= 0.6 is 15.9 Å². The standard InChI is InChI=1S/C14H13BrN2O3/c15-12-7-9(1-5-13(12)17(18)19)14-6-4-11(20-14)8-16-10-2-3-10/h1,4-7,10,16H,2-3,8H2. The lowest BCUT2D eigenvalue weighted by Crippen LogP contribution is -2.14. The van der Waals surface area contributed by atoms with Gasteiger partial charge < -0.3 is 9.73 Å². The van der Waals surface area contributed by atoms with E-state index in [1.165, 1.54) is 18.9 Å². The van der Waals surface area contributed by atoms with Gasteiger partial charge in [-0.05, 0) is 53.0 Å². The van der Waals surface area contributed by atoms with Gasteiger partial charge >= 0.3 is 0 Å². The molecule has 1 N–H and O–H groups in total. The maximum absolute atomic E-state index is 10.8. The summed E-state index contributed by atoms with van der Waals surface area (Å²) < 4.78 is 6.20. The van der Waals surface area contributed by atoms with Gasteiger partial charge in [0.05, 0.1) is 15.9 Å². The predicted octanol–water partition coefficient (Wildman–Crippen LogP) is 3.87. The Morgan fingerprint density at radius 2 is 2.15 bits per heavy atom. The number of nitrogens with zero attached hydrogens (tertiary/aromatic N) is 1. The first-order chi connectivity index (χ1) is 9.63. The monoisotopic (exact) mass is 336 g/mol. The fourth-order valence-electron chi connectivity index (χ4n) is 1.97. The summed E-state index contributed by atoms with van der Waals surface area (Å²) in [5.74, 6) is 1.59. The molecule has 1 aromatic heterocycles. The van der Waals surface area contributed by atoms with Crippen molar-refractivity contribution in [2.75, 3.05) is 0 Å². The first-order valence-corrected chi connectivity index (χ1v) is 7.19. The third-order valence-corrected chi connectivity index (χ3v) is 3.87. The number of halogens is 1. The molecule has 1 aliphatic carbocycles. The lowest BCUT2D eigenvalue weighted by atomic mass is 10.1. The largest absolute Gasteiger partial charge is 0.460 e. The molecule has 0 aliphatic heterocycles. The smallest absolute Gasteiger partial charge is 0.283 e. The van der Waals surface area contributed by atoms with Gasteiger partial charge in [0.1, 0.15) is 11.5 Å². The van der Waals surface area contributed by atoms with Gasteiger partial charge in [-0.1, -0.05) is 0 Å². The fraction of sp³-hybridized carbons (Fsp3) is 0.286. The minimum absolute atomic E-state index is 0.0518. The minimum Gasteiger partial charge on any atom is -0.460 e. The van der Waals surface area contributed by atoms with E-state index in [2.05, 4.69) is 21.2 Å². The molecule has 20 heavy (non-hydrogen) atoms. The lowest BCUT2D eigenvalue weighted by molar-refractivity contribution is -0.385. The van der Waals surface area contributed by atoms with Crippen LogP contribution < -0.4 is 5.32 Å². The Morgan fingerprint density at radius 3 is 2.80 bits per heavy atom.